The van der Waals surface area contributed by atoms with Gasteiger partial charge < -0.3 is 18.6 Å². The molecule has 1 aromatic rings. The number of hydrogen-bond acceptors (Lipinski definition) is 5. The molecule has 3 aliphatic rings. The summed E-state index contributed by atoms with van der Waals surface area (Å²) in [7, 11) is 3.43. The largest absolute Gasteiger partial charge is 0.485 e. The molecule has 0 saturated heterocycles. The molecular weight excluding hydrogens is 356 g/mol. The number of allylic oxidation sites excluding steroid dienone is 1. The fourth-order valence-electron chi connectivity index (χ4n) is 4.91. The van der Waals surface area contributed by atoms with Crippen LogP contribution in [0.15, 0.2) is 33.0 Å². The van der Waals surface area contributed by atoms with Crippen LogP contribution in [0.25, 0.3) is 6.08 Å². The summed E-state index contributed by atoms with van der Waals surface area (Å²) in [5.41, 5.74) is 2.66. The van der Waals surface area contributed by atoms with Gasteiger partial charge in [-0.25, -0.2) is 4.79 Å². The Morgan fingerprint density at radius 3 is 2.64 bits per heavy atom. The number of fused-ring (bicyclic) bond motifs is 2. The molecule has 152 valence electrons. The van der Waals surface area contributed by atoms with Crippen molar-refractivity contribution < 1.29 is 18.6 Å². The van der Waals surface area contributed by atoms with Crippen LogP contribution in [0.2, 0.25) is 0 Å². The van der Waals surface area contributed by atoms with Crippen LogP contribution in [0.3, 0.4) is 0 Å². The van der Waals surface area contributed by atoms with E-state index in [2.05, 4.69) is 13.5 Å². The second-order valence-corrected chi connectivity index (χ2v) is 8.42. The standard InChI is InChI=1S/C23H30O5/c1-13(2)14-5-6-15-9-17-21(27-19(15)10-14)12-20(28-23(17)24)16-7-8-18(25-3)22(11-16)26-4/h9,12,14,16,18-19,22H,1,5-8,10-11H2,2-4H3/t14-,16?,18?,19?,22?/m0/s1. The topological polar surface area (TPSA) is 57.9 Å². The summed E-state index contributed by atoms with van der Waals surface area (Å²) in [4.78, 5) is 12.7. The van der Waals surface area contributed by atoms with Crippen LogP contribution in [0.1, 0.15) is 62.7 Å². The minimum Gasteiger partial charge on any atom is -0.485 e. The molecule has 1 aliphatic heterocycles. The minimum absolute atomic E-state index is 0.00664. The molecular formula is C23H30O5. The maximum absolute atomic E-state index is 12.7. The highest BCUT2D eigenvalue weighted by atomic mass is 16.5. The average molecular weight is 386 g/mol. The SMILES string of the molecule is C=C(C)[C@H]1CCC2=Cc3c(cc(C4CCC(OC)C(OC)C4)oc3=O)OC2C1. The third-order valence-corrected chi connectivity index (χ3v) is 6.70. The van der Waals surface area contributed by atoms with Gasteiger partial charge in [-0.2, -0.15) is 0 Å². The van der Waals surface area contributed by atoms with Crippen LogP contribution >= 0.6 is 0 Å². The van der Waals surface area contributed by atoms with E-state index in [9.17, 15) is 4.79 Å². The van der Waals surface area contributed by atoms with Crippen molar-refractivity contribution >= 4 is 6.08 Å². The van der Waals surface area contributed by atoms with Gasteiger partial charge in [-0.1, -0.05) is 12.2 Å². The molecule has 4 rings (SSSR count). The summed E-state index contributed by atoms with van der Waals surface area (Å²) >= 11 is 0. The lowest BCUT2D eigenvalue weighted by Crippen LogP contribution is -2.36. The van der Waals surface area contributed by atoms with E-state index in [1.54, 1.807) is 14.2 Å². The van der Waals surface area contributed by atoms with Crippen molar-refractivity contribution in [3.8, 4) is 5.75 Å². The zero-order valence-electron chi connectivity index (χ0n) is 17.0. The highest BCUT2D eigenvalue weighted by molar-refractivity contribution is 5.62. The summed E-state index contributed by atoms with van der Waals surface area (Å²) in [5, 5.41) is 0. The molecule has 4 unspecified atom stereocenters. The van der Waals surface area contributed by atoms with Gasteiger partial charge in [-0.3, -0.25) is 0 Å². The molecule has 0 amide bonds. The number of rotatable bonds is 4. The second kappa shape index (κ2) is 7.88. The fourth-order valence-corrected chi connectivity index (χ4v) is 4.91. The van der Waals surface area contributed by atoms with E-state index in [0.717, 1.165) is 38.5 Å². The van der Waals surface area contributed by atoms with E-state index in [1.165, 1.54) is 11.1 Å². The molecule has 0 bridgehead atoms. The summed E-state index contributed by atoms with van der Waals surface area (Å²) < 4.78 is 23.1. The normalized spacial score (nSPS) is 32.0. The highest BCUT2D eigenvalue weighted by Gasteiger charge is 2.35. The first kappa shape index (κ1) is 19.5. The van der Waals surface area contributed by atoms with Crippen LogP contribution in [-0.4, -0.2) is 32.5 Å². The Bertz CT molecular complexity index is 836. The first-order chi connectivity index (χ1) is 13.5. The second-order valence-electron chi connectivity index (χ2n) is 8.42. The van der Waals surface area contributed by atoms with Gasteiger partial charge in [0.2, 0.25) is 0 Å². The van der Waals surface area contributed by atoms with Crippen LogP contribution in [-0.2, 0) is 9.47 Å². The van der Waals surface area contributed by atoms with Crippen LogP contribution in [0, 0.1) is 5.92 Å². The zero-order chi connectivity index (χ0) is 19.8. The molecule has 5 atom stereocenters. The van der Waals surface area contributed by atoms with Gasteiger partial charge in [-0.15, -0.1) is 0 Å². The van der Waals surface area contributed by atoms with E-state index in [1.807, 2.05) is 12.1 Å². The third kappa shape index (κ3) is 3.58. The van der Waals surface area contributed by atoms with E-state index in [0.29, 0.717) is 23.0 Å². The Balaban J connectivity index is 1.59. The fraction of sp³-hybridized carbons (Fsp3) is 0.609. The molecule has 0 radical (unpaired) electrons. The first-order valence-corrected chi connectivity index (χ1v) is 10.3. The van der Waals surface area contributed by atoms with Crippen molar-refractivity contribution in [1.82, 2.24) is 0 Å². The van der Waals surface area contributed by atoms with Gasteiger partial charge >= 0.3 is 5.63 Å². The van der Waals surface area contributed by atoms with Gasteiger partial charge in [-0.05, 0) is 63.0 Å². The van der Waals surface area contributed by atoms with Crippen LogP contribution in [0.4, 0.5) is 0 Å². The van der Waals surface area contributed by atoms with E-state index >= 15 is 0 Å². The lowest BCUT2D eigenvalue weighted by Gasteiger charge is -2.36. The molecule has 2 fully saturated rings. The van der Waals surface area contributed by atoms with E-state index < -0.39 is 0 Å². The Kier molecular flexibility index (Phi) is 5.48. The lowest BCUT2D eigenvalue weighted by molar-refractivity contribution is -0.0640. The lowest BCUT2D eigenvalue weighted by atomic mass is 9.79. The molecule has 0 spiro atoms. The Morgan fingerprint density at radius 1 is 1.14 bits per heavy atom. The van der Waals surface area contributed by atoms with Crippen molar-refractivity contribution in [2.45, 2.75) is 69.7 Å². The van der Waals surface area contributed by atoms with Gasteiger partial charge in [0, 0.05) is 26.2 Å². The van der Waals surface area contributed by atoms with Crippen molar-refractivity contribution in [2.24, 2.45) is 5.92 Å². The van der Waals surface area contributed by atoms with Crippen molar-refractivity contribution in [3.05, 3.63) is 45.5 Å². The van der Waals surface area contributed by atoms with Gasteiger partial charge in [0.05, 0.1) is 12.2 Å². The first-order valence-electron chi connectivity index (χ1n) is 10.3. The summed E-state index contributed by atoms with van der Waals surface area (Å²) in [6, 6.07) is 1.93. The molecule has 2 saturated carbocycles. The number of ether oxygens (including phenoxy) is 3. The molecule has 2 heterocycles. The Labute approximate surface area is 166 Å². The Morgan fingerprint density at radius 2 is 1.93 bits per heavy atom. The smallest absolute Gasteiger partial charge is 0.347 e. The van der Waals surface area contributed by atoms with Crippen LogP contribution < -0.4 is 10.4 Å². The third-order valence-electron chi connectivity index (χ3n) is 6.70. The summed E-state index contributed by atoms with van der Waals surface area (Å²) in [6.45, 7) is 6.21. The molecule has 2 aliphatic carbocycles. The minimum atomic E-state index is -0.302. The quantitative estimate of drug-likeness (QED) is 0.715. The van der Waals surface area contributed by atoms with Crippen molar-refractivity contribution in [2.75, 3.05) is 14.2 Å². The predicted octanol–water partition coefficient (Wildman–Crippen LogP) is 4.46. The number of hydrogen-bond donors (Lipinski definition) is 0. The maximum atomic E-state index is 12.7. The van der Waals surface area contributed by atoms with Crippen molar-refractivity contribution in [1.29, 1.82) is 0 Å². The monoisotopic (exact) mass is 386 g/mol. The van der Waals surface area contributed by atoms with Gasteiger partial charge in [0.1, 0.15) is 23.2 Å². The van der Waals surface area contributed by atoms with Crippen molar-refractivity contribution in [3.63, 3.8) is 0 Å². The van der Waals surface area contributed by atoms with Gasteiger partial charge in [0.25, 0.3) is 0 Å². The molecule has 0 aromatic carbocycles. The molecule has 5 nitrogen and oxygen atoms in total. The molecule has 0 N–H and O–H groups in total. The maximum Gasteiger partial charge on any atom is 0.347 e. The highest BCUT2D eigenvalue weighted by Crippen LogP contribution is 2.41. The zero-order valence-corrected chi connectivity index (χ0v) is 17.0. The van der Waals surface area contributed by atoms with E-state index in [4.69, 9.17) is 18.6 Å². The average Bonchev–Trinajstić information content (AvgIpc) is 2.71. The molecule has 1 aromatic heterocycles. The number of methoxy groups -OCH3 is 2. The van der Waals surface area contributed by atoms with Gasteiger partial charge in [0.15, 0.2) is 0 Å². The Hall–Kier alpha value is -1.85. The molecule has 28 heavy (non-hydrogen) atoms. The summed E-state index contributed by atoms with van der Waals surface area (Å²) in [5.74, 6) is 1.97. The summed E-state index contributed by atoms with van der Waals surface area (Å²) in [6.07, 6.45) is 7.64. The molecule has 5 heteroatoms. The van der Waals surface area contributed by atoms with E-state index in [-0.39, 0.29) is 29.9 Å². The van der Waals surface area contributed by atoms with Crippen LogP contribution in [0.5, 0.6) is 5.75 Å². The predicted molar refractivity (Wildman–Crippen MR) is 108 cm³/mol.